The average molecular weight is 191 g/mol. The Balaban J connectivity index is 1.83. The summed E-state index contributed by atoms with van der Waals surface area (Å²) in [6, 6.07) is 0. The van der Waals surface area contributed by atoms with Crippen LogP contribution in [0.2, 0.25) is 0 Å². The fraction of sp³-hybridized carbons (Fsp3) is 0.727. The first-order valence-corrected chi connectivity index (χ1v) is 5.64. The van der Waals surface area contributed by atoms with Crippen molar-refractivity contribution < 1.29 is 0 Å². The maximum absolute atomic E-state index is 5.65. The van der Waals surface area contributed by atoms with E-state index in [0.29, 0.717) is 11.8 Å². The summed E-state index contributed by atoms with van der Waals surface area (Å²) < 4.78 is 2.34. The van der Waals surface area contributed by atoms with Crippen molar-refractivity contribution in [3.05, 3.63) is 17.7 Å². The Labute approximate surface area is 84.3 Å². The summed E-state index contributed by atoms with van der Waals surface area (Å²) in [5.74, 6) is 2.69. The minimum atomic E-state index is 0.679. The van der Waals surface area contributed by atoms with Crippen LogP contribution in [-0.4, -0.2) is 16.1 Å². The molecule has 14 heavy (non-hydrogen) atoms. The fourth-order valence-corrected chi connectivity index (χ4v) is 2.48. The SMILES string of the molecule is NCC1CC1c1cn2c(n1)CCCC2. The van der Waals surface area contributed by atoms with E-state index in [0.717, 1.165) is 6.54 Å². The van der Waals surface area contributed by atoms with Gasteiger partial charge in [-0.2, -0.15) is 0 Å². The first-order valence-electron chi connectivity index (χ1n) is 5.64. The predicted octanol–water partition coefficient (Wildman–Crippen LogP) is 1.28. The quantitative estimate of drug-likeness (QED) is 0.765. The molecule has 3 heteroatoms. The van der Waals surface area contributed by atoms with Crippen molar-refractivity contribution in [2.45, 2.75) is 38.1 Å². The third-order valence-electron chi connectivity index (χ3n) is 3.53. The summed E-state index contributed by atoms with van der Waals surface area (Å²) in [5.41, 5.74) is 6.95. The Morgan fingerprint density at radius 2 is 2.43 bits per heavy atom. The highest BCUT2D eigenvalue weighted by Gasteiger charge is 2.39. The molecule has 2 aliphatic rings. The van der Waals surface area contributed by atoms with Crippen LogP contribution < -0.4 is 5.73 Å². The molecule has 2 heterocycles. The number of nitrogens with zero attached hydrogens (tertiary/aromatic N) is 2. The van der Waals surface area contributed by atoms with Gasteiger partial charge < -0.3 is 10.3 Å². The number of imidazole rings is 1. The lowest BCUT2D eigenvalue weighted by atomic mass is 10.2. The van der Waals surface area contributed by atoms with Crippen LogP contribution in [0.15, 0.2) is 6.20 Å². The monoisotopic (exact) mass is 191 g/mol. The Bertz CT molecular complexity index is 319. The molecule has 0 aromatic carbocycles. The van der Waals surface area contributed by atoms with E-state index in [-0.39, 0.29) is 0 Å². The van der Waals surface area contributed by atoms with E-state index in [1.54, 1.807) is 0 Å². The number of rotatable bonds is 2. The maximum Gasteiger partial charge on any atom is 0.108 e. The molecule has 1 aromatic heterocycles. The molecular formula is C11H17N3. The average Bonchev–Trinajstić information content (AvgIpc) is 2.89. The summed E-state index contributed by atoms with van der Waals surface area (Å²) in [6.07, 6.45) is 7.30. The van der Waals surface area contributed by atoms with Gasteiger partial charge in [-0.25, -0.2) is 4.98 Å². The van der Waals surface area contributed by atoms with Gasteiger partial charge in [0.1, 0.15) is 5.82 Å². The molecule has 3 nitrogen and oxygen atoms in total. The zero-order valence-corrected chi connectivity index (χ0v) is 8.45. The number of nitrogens with two attached hydrogens (primary N) is 1. The van der Waals surface area contributed by atoms with Crippen LogP contribution in [0.5, 0.6) is 0 Å². The zero-order chi connectivity index (χ0) is 9.54. The van der Waals surface area contributed by atoms with Crippen molar-refractivity contribution in [2.75, 3.05) is 6.54 Å². The minimum absolute atomic E-state index is 0.679. The molecule has 1 saturated carbocycles. The van der Waals surface area contributed by atoms with Gasteiger partial charge in [0.05, 0.1) is 5.69 Å². The molecule has 1 aliphatic carbocycles. The minimum Gasteiger partial charge on any atom is -0.335 e. The van der Waals surface area contributed by atoms with Crippen LogP contribution in [0.1, 0.15) is 36.7 Å². The second-order valence-electron chi connectivity index (χ2n) is 4.57. The van der Waals surface area contributed by atoms with Gasteiger partial charge in [-0.15, -0.1) is 0 Å². The largest absolute Gasteiger partial charge is 0.335 e. The van der Waals surface area contributed by atoms with E-state index in [1.807, 2.05) is 0 Å². The van der Waals surface area contributed by atoms with E-state index in [4.69, 9.17) is 10.7 Å². The van der Waals surface area contributed by atoms with E-state index < -0.39 is 0 Å². The van der Waals surface area contributed by atoms with Crippen molar-refractivity contribution in [1.29, 1.82) is 0 Å². The second kappa shape index (κ2) is 3.09. The first kappa shape index (κ1) is 8.48. The molecule has 0 amide bonds. The first-order chi connectivity index (χ1) is 6.88. The van der Waals surface area contributed by atoms with Gasteiger partial charge in [-0.05, 0) is 31.7 Å². The van der Waals surface area contributed by atoms with Crippen molar-refractivity contribution in [3.63, 3.8) is 0 Å². The third kappa shape index (κ3) is 1.27. The van der Waals surface area contributed by atoms with Gasteiger partial charge in [0.15, 0.2) is 0 Å². The lowest BCUT2D eigenvalue weighted by Crippen LogP contribution is -2.08. The van der Waals surface area contributed by atoms with Gasteiger partial charge >= 0.3 is 0 Å². The highest BCUT2D eigenvalue weighted by atomic mass is 15.1. The van der Waals surface area contributed by atoms with Gasteiger partial charge in [-0.1, -0.05) is 0 Å². The van der Waals surface area contributed by atoms with Crippen LogP contribution in [-0.2, 0) is 13.0 Å². The van der Waals surface area contributed by atoms with Crippen LogP contribution in [0.25, 0.3) is 0 Å². The van der Waals surface area contributed by atoms with Crippen LogP contribution in [0.3, 0.4) is 0 Å². The van der Waals surface area contributed by atoms with Crippen LogP contribution in [0, 0.1) is 5.92 Å². The van der Waals surface area contributed by atoms with Gasteiger partial charge in [-0.3, -0.25) is 0 Å². The molecular weight excluding hydrogens is 174 g/mol. The predicted molar refractivity (Wildman–Crippen MR) is 55.1 cm³/mol. The maximum atomic E-state index is 5.65. The second-order valence-corrected chi connectivity index (χ2v) is 4.57. The van der Waals surface area contributed by atoms with Crippen molar-refractivity contribution in [3.8, 4) is 0 Å². The Morgan fingerprint density at radius 3 is 3.14 bits per heavy atom. The molecule has 0 radical (unpaired) electrons. The molecule has 2 unspecified atom stereocenters. The molecule has 2 N–H and O–H groups in total. The molecule has 0 saturated heterocycles. The van der Waals surface area contributed by atoms with Gasteiger partial charge in [0.2, 0.25) is 0 Å². The standard InChI is InChI=1S/C11H17N3/c12-6-8-5-9(8)10-7-14-4-2-1-3-11(14)13-10/h7-9H,1-6,12H2. The Kier molecular flexibility index (Phi) is 1.87. The number of fused-ring (bicyclic) bond motifs is 1. The number of hydrogen-bond acceptors (Lipinski definition) is 2. The van der Waals surface area contributed by atoms with Crippen molar-refractivity contribution in [1.82, 2.24) is 9.55 Å². The highest BCUT2D eigenvalue weighted by Crippen LogP contribution is 2.46. The summed E-state index contributed by atoms with van der Waals surface area (Å²) in [6.45, 7) is 2.00. The lowest BCUT2D eigenvalue weighted by Gasteiger charge is -2.11. The van der Waals surface area contributed by atoms with Crippen molar-refractivity contribution in [2.24, 2.45) is 11.7 Å². The number of aromatic nitrogens is 2. The van der Waals surface area contributed by atoms with Crippen LogP contribution in [0.4, 0.5) is 0 Å². The zero-order valence-electron chi connectivity index (χ0n) is 8.45. The normalized spacial score (nSPS) is 30.1. The van der Waals surface area contributed by atoms with E-state index in [1.165, 1.54) is 43.7 Å². The molecule has 1 aliphatic heterocycles. The molecule has 1 aromatic rings. The topological polar surface area (TPSA) is 43.8 Å². The summed E-state index contributed by atoms with van der Waals surface area (Å²) >= 11 is 0. The molecule has 1 fully saturated rings. The summed E-state index contributed by atoms with van der Waals surface area (Å²) in [4.78, 5) is 4.72. The smallest absolute Gasteiger partial charge is 0.108 e. The van der Waals surface area contributed by atoms with E-state index >= 15 is 0 Å². The van der Waals surface area contributed by atoms with Crippen LogP contribution >= 0.6 is 0 Å². The summed E-state index contributed by atoms with van der Waals surface area (Å²) in [5, 5.41) is 0. The van der Waals surface area contributed by atoms with E-state index in [9.17, 15) is 0 Å². The molecule has 76 valence electrons. The molecule has 0 bridgehead atoms. The van der Waals surface area contributed by atoms with Crippen molar-refractivity contribution >= 4 is 0 Å². The van der Waals surface area contributed by atoms with Gasteiger partial charge in [0, 0.05) is 25.1 Å². The summed E-state index contributed by atoms with van der Waals surface area (Å²) in [7, 11) is 0. The molecule has 3 rings (SSSR count). The Hall–Kier alpha value is -0.830. The third-order valence-corrected chi connectivity index (χ3v) is 3.53. The lowest BCUT2D eigenvalue weighted by molar-refractivity contribution is 0.522. The van der Waals surface area contributed by atoms with Gasteiger partial charge in [0.25, 0.3) is 0 Å². The molecule has 0 spiro atoms. The fourth-order valence-electron chi connectivity index (χ4n) is 2.48. The van der Waals surface area contributed by atoms with E-state index in [2.05, 4.69) is 10.8 Å². The Morgan fingerprint density at radius 1 is 1.50 bits per heavy atom. The number of aryl methyl sites for hydroxylation is 2. The molecule has 2 atom stereocenters. The highest BCUT2D eigenvalue weighted by molar-refractivity contribution is 5.18. The number of hydrogen-bond donors (Lipinski definition) is 1.